The van der Waals surface area contributed by atoms with E-state index in [9.17, 15) is 14.4 Å². The molecule has 0 radical (unpaired) electrons. The maximum Gasteiger partial charge on any atom is 0.338 e. The molecular formula is C18H18ClFN2O4. The number of carbonyl (C=O) groups excluding carboxylic acids is 1. The van der Waals surface area contributed by atoms with E-state index in [0.29, 0.717) is 0 Å². The Morgan fingerprint density at radius 3 is 2.65 bits per heavy atom. The summed E-state index contributed by atoms with van der Waals surface area (Å²) in [5.74, 6) is -2.43. The SMILES string of the molecule is CCOC(=O)C1=C(C)OC(N)=C(C#N)C1c1cc(F)c(OCC)c(Cl)c1. The van der Waals surface area contributed by atoms with Gasteiger partial charge in [-0.05, 0) is 38.5 Å². The number of carbonyl (C=O) groups is 1. The molecule has 0 saturated carbocycles. The van der Waals surface area contributed by atoms with Crippen LogP contribution in [0.4, 0.5) is 4.39 Å². The standard InChI is InChI=1S/C18H18ClFN2O4/c1-4-24-16-12(19)6-10(7-13(16)20)15-11(8-21)17(22)26-9(3)14(15)18(23)25-5-2/h6-7,15H,4-5,22H2,1-3H3. The second kappa shape index (κ2) is 8.11. The summed E-state index contributed by atoms with van der Waals surface area (Å²) in [5.41, 5.74) is 6.10. The van der Waals surface area contributed by atoms with Crippen molar-refractivity contribution in [3.8, 4) is 11.8 Å². The Morgan fingerprint density at radius 2 is 2.12 bits per heavy atom. The minimum absolute atomic E-state index is 0.0186. The van der Waals surface area contributed by atoms with E-state index in [0.717, 1.165) is 6.07 Å². The molecule has 1 unspecified atom stereocenters. The number of hydrogen-bond donors (Lipinski definition) is 1. The zero-order valence-electron chi connectivity index (χ0n) is 14.6. The van der Waals surface area contributed by atoms with Crippen LogP contribution in [-0.4, -0.2) is 19.2 Å². The van der Waals surface area contributed by atoms with Crippen molar-refractivity contribution in [1.29, 1.82) is 5.26 Å². The van der Waals surface area contributed by atoms with Crippen LogP contribution in [0.5, 0.6) is 5.75 Å². The van der Waals surface area contributed by atoms with Crippen LogP contribution < -0.4 is 10.5 Å². The third-order valence-corrected chi connectivity index (χ3v) is 4.02. The molecule has 1 heterocycles. The van der Waals surface area contributed by atoms with Crippen molar-refractivity contribution in [2.45, 2.75) is 26.7 Å². The second-order valence-corrected chi connectivity index (χ2v) is 5.77. The number of esters is 1. The van der Waals surface area contributed by atoms with Gasteiger partial charge >= 0.3 is 5.97 Å². The van der Waals surface area contributed by atoms with E-state index < -0.39 is 17.7 Å². The Kier molecular flexibility index (Phi) is 6.11. The van der Waals surface area contributed by atoms with Crippen molar-refractivity contribution in [1.82, 2.24) is 0 Å². The second-order valence-electron chi connectivity index (χ2n) is 5.36. The van der Waals surface area contributed by atoms with Crippen LogP contribution >= 0.6 is 11.6 Å². The quantitative estimate of drug-likeness (QED) is 0.785. The molecule has 0 bridgehead atoms. The highest BCUT2D eigenvalue weighted by atomic mass is 35.5. The maximum absolute atomic E-state index is 14.5. The largest absolute Gasteiger partial charge is 0.489 e. The van der Waals surface area contributed by atoms with E-state index in [1.807, 2.05) is 6.07 Å². The van der Waals surface area contributed by atoms with Gasteiger partial charge in [-0.15, -0.1) is 0 Å². The summed E-state index contributed by atoms with van der Waals surface area (Å²) in [7, 11) is 0. The molecule has 26 heavy (non-hydrogen) atoms. The van der Waals surface area contributed by atoms with E-state index in [4.69, 9.17) is 31.5 Å². The smallest absolute Gasteiger partial charge is 0.338 e. The lowest BCUT2D eigenvalue weighted by Gasteiger charge is -2.27. The number of hydrogen-bond acceptors (Lipinski definition) is 6. The molecule has 0 aromatic heterocycles. The van der Waals surface area contributed by atoms with Crippen LogP contribution in [0, 0.1) is 17.1 Å². The lowest BCUT2D eigenvalue weighted by atomic mass is 9.83. The molecule has 2 N–H and O–H groups in total. The zero-order chi connectivity index (χ0) is 19.4. The molecule has 0 fully saturated rings. The van der Waals surface area contributed by atoms with Gasteiger partial charge in [0.2, 0.25) is 5.88 Å². The third-order valence-electron chi connectivity index (χ3n) is 3.74. The number of nitrogens with two attached hydrogens (primary N) is 1. The maximum atomic E-state index is 14.5. The third kappa shape index (κ3) is 3.60. The van der Waals surface area contributed by atoms with Crippen molar-refractivity contribution in [3.05, 3.63) is 51.3 Å². The molecule has 1 aliphatic rings. The molecule has 2 rings (SSSR count). The van der Waals surface area contributed by atoms with Gasteiger partial charge < -0.3 is 19.9 Å². The van der Waals surface area contributed by atoms with E-state index in [1.54, 1.807) is 13.8 Å². The molecule has 0 amide bonds. The molecule has 0 saturated heterocycles. The summed E-state index contributed by atoms with van der Waals surface area (Å²) < 4.78 is 30.0. The van der Waals surface area contributed by atoms with Crippen molar-refractivity contribution >= 4 is 17.6 Å². The summed E-state index contributed by atoms with van der Waals surface area (Å²) >= 11 is 6.13. The Bertz CT molecular complexity index is 819. The number of nitrogens with zero attached hydrogens (tertiary/aromatic N) is 1. The molecule has 6 nitrogen and oxygen atoms in total. The van der Waals surface area contributed by atoms with E-state index >= 15 is 0 Å². The van der Waals surface area contributed by atoms with Crippen molar-refractivity contribution < 1.29 is 23.4 Å². The fourth-order valence-electron chi connectivity index (χ4n) is 2.72. The van der Waals surface area contributed by atoms with Crippen LogP contribution in [0.25, 0.3) is 0 Å². The van der Waals surface area contributed by atoms with E-state index in [1.165, 1.54) is 13.0 Å². The summed E-state index contributed by atoms with van der Waals surface area (Å²) in [6.45, 7) is 5.23. The van der Waals surface area contributed by atoms with Crippen LogP contribution in [0.2, 0.25) is 5.02 Å². The Balaban J connectivity index is 2.66. The summed E-state index contributed by atoms with van der Waals surface area (Å²) in [4.78, 5) is 12.4. The summed E-state index contributed by atoms with van der Waals surface area (Å²) in [5, 5.41) is 9.51. The van der Waals surface area contributed by atoms with Crippen molar-refractivity contribution in [2.24, 2.45) is 5.73 Å². The number of benzene rings is 1. The molecule has 1 aliphatic heterocycles. The van der Waals surface area contributed by atoms with Gasteiger partial charge in [0.25, 0.3) is 0 Å². The van der Waals surface area contributed by atoms with E-state index in [2.05, 4.69) is 0 Å². The van der Waals surface area contributed by atoms with Crippen molar-refractivity contribution in [2.75, 3.05) is 13.2 Å². The predicted octanol–water partition coefficient (Wildman–Crippen LogP) is 3.52. The predicted molar refractivity (Wildman–Crippen MR) is 92.6 cm³/mol. The first-order chi connectivity index (χ1) is 12.3. The first kappa shape index (κ1) is 19.6. The number of ether oxygens (including phenoxy) is 3. The topological polar surface area (TPSA) is 94.6 Å². The molecule has 1 atom stereocenters. The molecule has 8 heteroatoms. The lowest BCUT2D eigenvalue weighted by Crippen LogP contribution is -2.25. The van der Waals surface area contributed by atoms with E-state index in [-0.39, 0.29) is 52.3 Å². The highest BCUT2D eigenvalue weighted by Crippen LogP contribution is 2.42. The molecule has 0 aliphatic carbocycles. The van der Waals surface area contributed by atoms with Gasteiger partial charge in [0.05, 0.1) is 29.7 Å². The van der Waals surface area contributed by atoms with Crippen molar-refractivity contribution in [3.63, 3.8) is 0 Å². The Labute approximate surface area is 155 Å². The lowest BCUT2D eigenvalue weighted by molar-refractivity contribution is -0.139. The molecular weight excluding hydrogens is 363 g/mol. The number of nitriles is 1. The summed E-state index contributed by atoms with van der Waals surface area (Å²) in [6, 6.07) is 4.51. The summed E-state index contributed by atoms with van der Waals surface area (Å²) in [6.07, 6.45) is 0. The van der Waals surface area contributed by atoms with Gasteiger partial charge in [-0.3, -0.25) is 0 Å². The molecule has 138 valence electrons. The van der Waals surface area contributed by atoms with Crippen LogP contribution in [0.1, 0.15) is 32.3 Å². The first-order valence-electron chi connectivity index (χ1n) is 7.92. The molecule has 1 aromatic rings. The first-order valence-corrected chi connectivity index (χ1v) is 8.30. The van der Waals surface area contributed by atoms with Crippen LogP contribution in [-0.2, 0) is 14.3 Å². The van der Waals surface area contributed by atoms with Gasteiger partial charge in [-0.2, -0.15) is 5.26 Å². The van der Waals surface area contributed by atoms with Crippen LogP contribution in [0.15, 0.2) is 34.9 Å². The van der Waals surface area contributed by atoms with Crippen LogP contribution in [0.3, 0.4) is 0 Å². The molecule has 1 aromatic carbocycles. The zero-order valence-corrected chi connectivity index (χ0v) is 15.3. The normalized spacial score (nSPS) is 16.8. The van der Waals surface area contributed by atoms with Gasteiger partial charge in [0.1, 0.15) is 17.4 Å². The average molecular weight is 381 g/mol. The highest BCUT2D eigenvalue weighted by molar-refractivity contribution is 6.32. The molecule has 0 spiro atoms. The average Bonchev–Trinajstić information content (AvgIpc) is 2.57. The monoisotopic (exact) mass is 380 g/mol. The number of allylic oxidation sites excluding steroid dienone is 2. The Hall–Kier alpha value is -2.72. The minimum Gasteiger partial charge on any atom is -0.489 e. The van der Waals surface area contributed by atoms with Gasteiger partial charge in [0.15, 0.2) is 11.6 Å². The fraction of sp³-hybridized carbons (Fsp3) is 0.333. The highest BCUT2D eigenvalue weighted by Gasteiger charge is 2.37. The van der Waals surface area contributed by atoms with Gasteiger partial charge in [0, 0.05) is 0 Å². The Morgan fingerprint density at radius 1 is 1.42 bits per heavy atom. The minimum atomic E-state index is -0.963. The fourth-order valence-corrected chi connectivity index (χ4v) is 2.99. The van der Waals surface area contributed by atoms with Gasteiger partial charge in [-0.25, -0.2) is 9.18 Å². The number of rotatable bonds is 5. The van der Waals surface area contributed by atoms with Gasteiger partial charge in [-0.1, -0.05) is 11.6 Å². The number of halogens is 2.